The molecule has 0 aromatic heterocycles. The summed E-state index contributed by atoms with van der Waals surface area (Å²) in [5.74, 6) is -0.731. The van der Waals surface area contributed by atoms with Crippen molar-refractivity contribution in [1.82, 2.24) is 0 Å². The Labute approximate surface area is 309 Å². The van der Waals surface area contributed by atoms with Gasteiger partial charge in [0.05, 0.1) is 0 Å². The fraction of sp³-hybridized carbons (Fsp3) is 0.696. The van der Waals surface area contributed by atoms with Gasteiger partial charge in [0.25, 0.3) is 0 Å². The van der Waals surface area contributed by atoms with E-state index >= 15 is 0 Å². The van der Waals surface area contributed by atoms with Crippen LogP contribution in [0.4, 0.5) is 0 Å². The molecule has 0 aromatic rings. The summed E-state index contributed by atoms with van der Waals surface area (Å²) in [6.45, 7) is 4.43. The molecule has 0 aliphatic carbocycles. The molecule has 0 amide bonds. The van der Waals surface area contributed by atoms with E-state index in [0.717, 1.165) is 89.9 Å². The van der Waals surface area contributed by atoms with Crippen LogP contribution in [0.1, 0.15) is 200 Å². The van der Waals surface area contributed by atoms with Gasteiger partial charge in [0.1, 0.15) is 6.10 Å². The predicted octanol–water partition coefficient (Wildman–Crippen LogP) is 14.7. The van der Waals surface area contributed by atoms with Crippen LogP contribution in [0.15, 0.2) is 72.9 Å². The molecule has 286 valence electrons. The van der Waals surface area contributed by atoms with Crippen molar-refractivity contribution in [3.8, 4) is 0 Å². The Bertz CT molecular complexity index is 922. The van der Waals surface area contributed by atoms with Crippen LogP contribution in [0.5, 0.6) is 0 Å². The van der Waals surface area contributed by atoms with Gasteiger partial charge in [-0.2, -0.15) is 0 Å². The van der Waals surface area contributed by atoms with E-state index in [-0.39, 0.29) is 12.1 Å². The van der Waals surface area contributed by atoms with E-state index in [9.17, 15) is 9.59 Å². The molecule has 4 heteroatoms. The highest BCUT2D eigenvalue weighted by molar-refractivity contribution is 5.69. The van der Waals surface area contributed by atoms with Crippen molar-refractivity contribution in [2.75, 3.05) is 0 Å². The summed E-state index contributed by atoms with van der Waals surface area (Å²) in [5.41, 5.74) is 0. The van der Waals surface area contributed by atoms with E-state index in [1.165, 1.54) is 83.5 Å². The quantitative estimate of drug-likeness (QED) is 0.0399. The molecule has 0 aliphatic heterocycles. The normalized spacial score (nSPS) is 13.0. The number of hydrogen-bond donors (Lipinski definition) is 1. The maximum atomic E-state index is 12.7. The Morgan fingerprint density at radius 2 is 0.820 bits per heavy atom. The molecule has 4 nitrogen and oxygen atoms in total. The van der Waals surface area contributed by atoms with Crippen LogP contribution in [-0.2, 0) is 14.3 Å². The maximum absolute atomic E-state index is 12.7. The molecule has 1 N–H and O–H groups in total. The molecule has 0 radical (unpaired) electrons. The van der Waals surface area contributed by atoms with E-state index in [2.05, 4.69) is 86.8 Å². The van der Waals surface area contributed by atoms with Crippen LogP contribution in [0, 0.1) is 0 Å². The standard InChI is InChI=1S/C46H78O4/c1-3-5-7-9-11-13-14-15-16-17-18-19-20-21-22-27-31-35-39-43-46(49)50-44(40-36-32-28-24-12-10-8-6-4-2)41-37-33-29-25-23-26-30-34-38-42-45(47)48/h5,7,11,13,15-16,18-19,21-22,31,35,44H,3-4,6,8-10,12,14,17,20,23-30,32-34,36-43H2,1-2H3,(H,47,48)/b7-5-,13-11-,16-15-,19-18-,22-21-,35-31-. The summed E-state index contributed by atoms with van der Waals surface area (Å²) in [5, 5.41) is 8.74. The Hall–Kier alpha value is -2.62. The van der Waals surface area contributed by atoms with Gasteiger partial charge in [-0.3, -0.25) is 9.59 Å². The summed E-state index contributed by atoms with van der Waals surface area (Å²) in [6.07, 6.45) is 57.9. The second kappa shape index (κ2) is 40.8. The lowest BCUT2D eigenvalue weighted by Crippen LogP contribution is -2.18. The first-order valence-electron chi connectivity index (χ1n) is 20.9. The number of carboxylic acids is 1. The molecule has 0 heterocycles. The van der Waals surface area contributed by atoms with Crippen LogP contribution < -0.4 is 0 Å². The van der Waals surface area contributed by atoms with E-state index in [1.54, 1.807) is 0 Å². The summed E-state index contributed by atoms with van der Waals surface area (Å²) in [6, 6.07) is 0. The van der Waals surface area contributed by atoms with Gasteiger partial charge in [-0.15, -0.1) is 0 Å². The molecule has 0 saturated carbocycles. The van der Waals surface area contributed by atoms with E-state index in [0.29, 0.717) is 12.8 Å². The minimum atomic E-state index is -0.684. The number of allylic oxidation sites excluding steroid dienone is 12. The fourth-order valence-electron chi connectivity index (χ4n) is 5.92. The van der Waals surface area contributed by atoms with Gasteiger partial charge in [0.2, 0.25) is 0 Å². The van der Waals surface area contributed by atoms with Crippen LogP contribution in [0.3, 0.4) is 0 Å². The number of hydrogen-bond acceptors (Lipinski definition) is 3. The predicted molar refractivity (Wildman–Crippen MR) is 218 cm³/mol. The Kier molecular flexibility index (Phi) is 38.7. The van der Waals surface area contributed by atoms with E-state index in [4.69, 9.17) is 9.84 Å². The van der Waals surface area contributed by atoms with Gasteiger partial charge in [0.15, 0.2) is 0 Å². The lowest BCUT2D eigenvalue weighted by atomic mass is 10.0. The maximum Gasteiger partial charge on any atom is 0.306 e. The highest BCUT2D eigenvalue weighted by atomic mass is 16.5. The Morgan fingerprint density at radius 3 is 1.22 bits per heavy atom. The summed E-state index contributed by atoms with van der Waals surface area (Å²) in [7, 11) is 0. The van der Waals surface area contributed by atoms with E-state index in [1.807, 2.05) is 0 Å². The first-order valence-corrected chi connectivity index (χ1v) is 20.9. The number of unbranched alkanes of at least 4 members (excludes halogenated alkanes) is 16. The monoisotopic (exact) mass is 695 g/mol. The second-order valence-electron chi connectivity index (χ2n) is 13.8. The van der Waals surface area contributed by atoms with Gasteiger partial charge in [-0.25, -0.2) is 0 Å². The van der Waals surface area contributed by atoms with Crippen molar-refractivity contribution in [1.29, 1.82) is 0 Å². The molecule has 0 spiro atoms. The highest BCUT2D eigenvalue weighted by Gasteiger charge is 2.14. The average molecular weight is 695 g/mol. The molecule has 0 fully saturated rings. The van der Waals surface area contributed by atoms with Crippen LogP contribution in [-0.4, -0.2) is 23.1 Å². The number of carbonyl (C=O) groups excluding carboxylic acids is 1. The molecule has 50 heavy (non-hydrogen) atoms. The third-order valence-electron chi connectivity index (χ3n) is 8.96. The average Bonchev–Trinajstić information content (AvgIpc) is 3.10. The van der Waals surface area contributed by atoms with Gasteiger partial charge in [-0.05, 0) is 77.0 Å². The number of ether oxygens (including phenoxy) is 1. The van der Waals surface area contributed by atoms with Gasteiger partial charge < -0.3 is 9.84 Å². The third-order valence-corrected chi connectivity index (χ3v) is 8.96. The molecule has 0 rings (SSSR count). The summed E-state index contributed by atoms with van der Waals surface area (Å²) in [4.78, 5) is 23.3. The third kappa shape index (κ3) is 39.8. The Morgan fingerprint density at radius 1 is 0.460 bits per heavy atom. The first-order chi connectivity index (χ1) is 24.6. The molecular weight excluding hydrogens is 617 g/mol. The molecule has 1 atom stereocenters. The fourth-order valence-corrected chi connectivity index (χ4v) is 5.92. The number of carboxylic acid groups (broad SMARTS) is 1. The molecule has 0 aromatic carbocycles. The van der Waals surface area contributed by atoms with Gasteiger partial charge in [-0.1, -0.05) is 183 Å². The van der Waals surface area contributed by atoms with Crippen molar-refractivity contribution in [3.63, 3.8) is 0 Å². The van der Waals surface area contributed by atoms with Crippen molar-refractivity contribution >= 4 is 11.9 Å². The van der Waals surface area contributed by atoms with Crippen molar-refractivity contribution in [2.24, 2.45) is 0 Å². The zero-order valence-electron chi connectivity index (χ0n) is 32.7. The zero-order valence-corrected chi connectivity index (χ0v) is 32.7. The minimum absolute atomic E-state index is 0.0478. The molecule has 1 unspecified atom stereocenters. The lowest BCUT2D eigenvalue weighted by Gasteiger charge is -2.18. The first kappa shape index (κ1) is 47.4. The Balaban J connectivity index is 4.21. The van der Waals surface area contributed by atoms with E-state index < -0.39 is 5.97 Å². The molecule has 0 aliphatic rings. The van der Waals surface area contributed by atoms with Gasteiger partial charge >= 0.3 is 11.9 Å². The summed E-state index contributed by atoms with van der Waals surface area (Å²) < 4.78 is 6.01. The highest BCUT2D eigenvalue weighted by Crippen LogP contribution is 2.19. The number of aliphatic carboxylic acids is 1. The van der Waals surface area contributed by atoms with Crippen LogP contribution in [0.2, 0.25) is 0 Å². The second-order valence-corrected chi connectivity index (χ2v) is 13.8. The van der Waals surface area contributed by atoms with Crippen molar-refractivity contribution < 1.29 is 19.4 Å². The molecule has 0 bridgehead atoms. The van der Waals surface area contributed by atoms with Crippen LogP contribution >= 0.6 is 0 Å². The lowest BCUT2D eigenvalue weighted by molar-refractivity contribution is -0.149. The minimum Gasteiger partial charge on any atom is -0.481 e. The molecular formula is C46H78O4. The van der Waals surface area contributed by atoms with Gasteiger partial charge in [0, 0.05) is 12.8 Å². The van der Waals surface area contributed by atoms with Crippen LogP contribution in [0.25, 0.3) is 0 Å². The largest absolute Gasteiger partial charge is 0.481 e. The molecule has 0 saturated heterocycles. The number of rotatable bonds is 37. The number of esters is 1. The SMILES string of the molecule is CC/C=C\C/C=C\C/C=C\C/C=C\C/C=C\C/C=C\CCC(=O)OC(CCCCCCCCCCC)CCCCCCCCCCCC(=O)O. The summed E-state index contributed by atoms with van der Waals surface area (Å²) >= 11 is 0. The zero-order chi connectivity index (χ0) is 36.4. The number of carbonyl (C=O) groups is 2. The van der Waals surface area contributed by atoms with Crippen molar-refractivity contribution in [3.05, 3.63) is 72.9 Å². The van der Waals surface area contributed by atoms with Crippen molar-refractivity contribution in [2.45, 2.75) is 206 Å². The topological polar surface area (TPSA) is 63.6 Å². The smallest absolute Gasteiger partial charge is 0.306 e.